The van der Waals surface area contributed by atoms with Gasteiger partial charge in [0.25, 0.3) is 0 Å². The molecule has 1 amide bonds. The molecule has 2 aromatic rings. The molecule has 1 aromatic heterocycles. The summed E-state index contributed by atoms with van der Waals surface area (Å²) in [6.45, 7) is 0.607. The van der Waals surface area contributed by atoms with Crippen LogP contribution in [0.15, 0.2) is 35.8 Å². The molecule has 0 atom stereocenters. The van der Waals surface area contributed by atoms with Crippen LogP contribution in [0.4, 0.5) is 4.39 Å². The number of halogens is 1. The molecule has 0 saturated carbocycles. The van der Waals surface area contributed by atoms with E-state index in [1.807, 2.05) is 5.38 Å². The van der Waals surface area contributed by atoms with E-state index >= 15 is 0 Å². The number of hydrogen-bond acceptors (Lipinski definition) is 3. The summed E-state index contributed by atoms with van der Waals surface area (Å²) in [5.74, 6) is -0.238. The Morgan fingerprint density at radius 1 is 1.26 bits per heavy atom. The lowest BCUT2D eigenvalue weighted by atomic mass is 10.1. The number of benzene rings is 1. The van der Waals surface area contributed by atoms with E-state index in [1.54, 1.807) is 29.7 Å². The van der Waals surface area contributed by atoms with Crippen molar-refractivity contribution in [1.82, 2.24) is 10.3 Å². The van der Waals surface area contributed by atoms with Crippen molar-refractivity contribution in [2.75, 3.05) is 6.54 Å². The Morgan fingerprint density at radius 3 is 2.74 bits per heavy atom. The zero-order valence-corrected chi connectivity index (χ0v) is 11.3. The van der Waals surface area contributed by atoms with Gasteiger partial charge in [-0.2, -0.15) is 0 Å². The van der Waals surface area contributed by atoms with Crippen LogP contribution < -0.4 is 5.32 Å². The van der Waals surface area contributed by atoms with Gasteiger partial charge in [0.15, 0.2) is 0 Å². The van der Waals surface area contributed by atoms with E-state index in [2.05, 4.69) is 10.3 Å². The number of nitrogens with zero attached hydrogens (tertiary/aromatic N) is 1. The molecule has 2 rings (SSSR count). The second kappa shape index (κ2) is 6.99. The van der Waals surface area contributed by atoms with Gasteiger partial charge in [-0.05, 0) is 24.1 Å². The molecule has 3 nitrogen and oxygen atoms in total. The summed E-state index contributed by atoms with van der Waals surface area (Å²) in [4.78, 5) is 15.8. The van der Waals surface area contributed by atoms with Crippen molar-refractivity contribution >= 4 is 17.2 Å². The lowest BCUT2D eigenvalue weighted by molar-refractivity contribution is -0.121. The average molecular weight is 278 g/mol. The first-order valence-electron chi connectivity index (χ1n) is 6.13. The van der Waals surface area contributed by atoms with Crippen LogP contribution in [0.3, 0.4) is 0 Å². The molecule has 0 unspecified atom stereocenters. The topological polar surface area (TPSA) is 42.0 Å². The van der Waals surface area contributed by atoms with Crippen LogP contribution in [0.5, 0.6) is 0 Å². The highest BCUT2D eigenvalue weighted by Gasteiger charge is 2.03. The van der Waals surface area contributed by atoms with Crippen molar-refractivity contribution in [1.29, 1.82) is 0 Å². The highest BCUT2D eigenvalue weighted by molar-refractivity contribution is 7.09. The van der Waals surface area contributed by atoms with E-state index < -0.39 is 0 Å². The number of nitrogens with one attached hydrogen (secondary N) is 1. The van der Waals surface area contributed by atoms with Crippen molar-refractivity contribution in [2.24, 2.45) is 0 Å². The number of thiazole rings is 1. The van der Waals surface area contributed by atoms with Crippen molar-refractivity contribution in [2.45, 2.75) is 19.3 Å². The Labute approximate surface area is 115 Å². The van der Waals surface area contributed by atoms with Crippen LogP contribution in [0.1, 0.15) is 17.0 Å². The Kier molecular flexibility index (Phi) is 5.03. The van der Waals surface area contributed by atoms with E-state index in [0.29, 0.717) is 19.4 Å². The minimum atomic E-state index is -0.253. The highest BCUT2D eigenvalue weighted by Crippen LogP contribution is 2.06. The number of carbonyl (C=O) groups is 1. The van der Waals surface area contributed by atoms with Crippen molar-refractivity contribution < 1.29 is 9.18 Å². The molecule has 0 spiro atoms. The van der Waals surface area contributed by atoms with E-state index in [0.717, 1.165) is 17.0 Å². The molecule has 100 valence electrons. The fourth-order valence-electron chi connectivity index (χ4n) is 1.68. The Balaban J connectivity index is 1.65. The number of aromatic nitrogens is 1. The fourth-order valence-corrected chi connectivity index (χ4v) is 2.30. The van der Waals surface area contributed by atoms with E-state index in [9.17, 15) is 9.18 Å². The van der Waals surface area contributed by atoms with Crippen LogP contribution in [0.2, 0.25) is 0 Å². The number of rotatable bonds is 6. The van der Waals surface area contributed by atoms with Gasteiger partial charge in [0.1, 0.15) is 5.82 Å². The Morgan fingerprint density at radius 2 is 2.05 bits per heavy atom. The van der Waals surface area contributed by atoms with Gasteiger partial charge in [0.2, 0.25) is 5.91 Å². The third-order valence-electron chi connectivity index (χ3n) is 2.70. The molecular formula is C14H15FN2OS. The third kappa shape index (κ3) is 4.79. The lowest BCUT2D eigenvalue weighted by Gasteiger charge is -2.04. The van der Waals surface area contributed by atoms with Crippen LogP contribution in [0.25, 0.3) is 0 Å². The number of hydrogen-bond donors (Lipinski definition) is 1. The van der Waals surface area contributed by atoms with Gasteiger partial charge >= 0.3 is 0 Å². The van der Waals surface area contributed by atoms with Crippen molar-refractivity contribution in [3.63, 3.8) is 0 Å². The molecule has 0 bridgehead atoms. The fraction of sp³-hybridized carbons (Fsp3) is 0.286. The van der Waals surface area contributed by atoms with Gasteiger partial charge in [-0.3, -0.25) is 4.79 Å². The molecule has 5 heteroatoms. The molecule has 19 heavy (non-hydrogen) atoms. The van der Waals surface area contributed by atoms with Gasteiger partial charge < -0.3 is 5.32 Å². The van der Waals surface area contributed by atoms with Crippen LogP contribution in [-0.4, -0.2) is 17.4 Å². The van der Waals surface area contributed by atoms with Crippen LogP contribution in [-0.2, 0) is 17.6 Å². The molecule has 0 aliphatic carbocycles. The average Bonchev–Trinajstić information content (AvgIpc) is 2.91. The van der Waals surface area contributed by atoms with E-state index in [-0.39, 0.29) is 11.7 Å². The van der Waals surface area contributed by atoms with Gasteiger partial charge in [0, 0.05) is 31.0 Å². The van der Waals surface area contributed by atoms with Gasteiger partial charge in [-0.15, -0.1) is 11.3 Å². The van der Waals surface area contributed by atoms with Gasteiger partial charge in [-0.25, -0.2) is 9.37 Å². The molecule has 0 aliphatic rings. The minimum absolute atomic E-state index is 0.0147. The second-order valence-electron chi connectivity index (χ2n) is 4.15. The maximum atomic E-state index is 12.7. The van der Waals surface area contributed by atoms with Crippen molar-refractivity contribution in [3.8, 4) is 0 Å². The highest BCUT2D eigenvalue weighted by atomic mass is 32.1. The molecular weight excluding hydrogens is 263 g/mol. The summed E-state index contributed by atoms with van der Waals surface area (Å²) in [5, 5.41) is 5.81. The smallest absolute Gasteiger partial charge is 0.220 e. The molecule has 1 N–H and O–H groups in total. The zero-order chi connectivity index (χ0) is 13.5. The maximum Gasteiger partial charge on any atom is 0.220 e. The standard InChI is InChI=1S/C14H15FN2OS/c15-12-4-1-11(2-5-12)3-6-13(18)16-8-7-14-17-9-10-19-14/h1-2,4-5,9-10H,3,6-8H2,(H,16,18). The predicted octanol–water partition coefficient (Wildman–Crippen LogP) is 2.57. The zero-order valence-electron chi connectivity index (χ0n) is 10.4. The first kappa shape index (κ1) is 13.7. The normalized spacial score (nSPS) is 10.4. The summed E-state index contributed by atoms with van der Waals surface area (Å²) >= 11 is 1.59. The summed E-state index contributed by atoms with van der Waals surface area (Å²) in [6, 6.07) is 6.24. The molecule has 1 aromatic carbocycles. The molecule has 0 radical (unpaired) electrons. The monoisotopic (exact) mass is 278 g/mol. The van der Waals surface area contributed by atoms with E-state index in [1.165, 1.54) is 12.1 Å². The number of aryl methyl sites for hydroxylation is 1. The van der Waals surface area contributed by atoms with Gasteiger partial charge in [0.05, 0.1) is 5.01 Å². The number of carbonyl (C=O) groups excluding carboxylic acids is 1. The first-order chi connectivity index (χ1) is 9.24. The molecule has 0 aliphatic heterocycles. The predicted molar refractivity (Wildman–Crippen MR) is 73.5 cm³/mol. The van der Waals surface area contributed by atoms with Gasteiger partial charge in [-0.1, -0.05) is 12.1 Å². The summed E-state index contributed by atoms with van der Waals surface area (Å²) in [7, 11) is 0. The second-order valence-corrected chi connectivity index (χ2v) is 5.13. The van der Waals surface area contributed by atoms with E-state index in [4.69, 9.17) is 0 Å². The summed E-state index contributed by atoms with van der Waals surface area (Å²) in [6.07, 6.45) is 3.57. The number of amides is 1. The first-order valence-corrected chi connectivity index (χ1v) is 7.01. The third-order valence-corrected chi connectivity index (χ3v) is 3.54. The molecule has 1 heterocycles. The maximum absolute atomic E-state index is 12.7. The van der Waals surface area contributed by atoms with Crippen molar-refractivity contribution in [3.05, 3.63) is 52.2 Å². The molecule has 0 fully saturated rings. The Bertz CT molecular complexity index is 511. The van der Waals surface area contributed by atoms with Crippen LogP contribution >= 0.6 is 11.3 Å². The SMILES string of the molecule is O=C(CCc1ccc(F)cc1)NCCc1nccs1. The Hall–Kier alpha value is -1.75. The van der Waals surface area contributed by atoms with Crippen LogP contribution in [0, 0.1) is 5.82 Å². The summed E-state index contributed by atoms with van der Waals surface area (Å²) in [5.41, 5.74) is 0.969. The quantitative estimate of drug-likeness (QED) is 0.882. The minimum Gasteiger partial charge on any atom is -0.356 e. The molecule has 0 saturated heterocycles. The summed E-state index contributed by atoms with van der Waals surface area (Å²) < 4.78 is 12.7. The lowest BCUT2D eigenvalue weighted by Crippen LogP contribution is -2.25. The largest absolute Gasteiger partial charge is 0.356 e.